The van der Waals surface area contributed by atoms with Crippen molar-refractivity contribution >= 4 is 5.78 Å². The molecule has 1 aliphatic heterocycles. The number of ketones is 1. The minimum Gasteiger partial charge on any atom is -0.298 e. The molecule has 0 spiro atoms. The minimum atomic E-state index is -0.575. The smallest absolute Gasteiger partial charge is 0.148 e. The first-order valence-electron chi connectivity index (χ1n) is 4.83. The number of hydrogen-bond acceptors (Lipinski definition) is 2. The van der Waals surface area contributed by atoms with E-state index in [1.54, 1.807) is 0 Å². The van der Waals surface area contributed by atoms with Crippen LogP contribution in [0.25, 0.3) is 0 Å². The summed E-state index contributed by atoms with van der Waals surface area (Å²) < 4.78 is 25.9. The summed E-state index contributed by atoms with van der Waals surface area (Å²) in [7, 11) is 0. The lowest BCUT2D eigenvalue weighted by molar-refractivity contribution is -0.116. The average molecular weight is 211 g/mol. The molecule has 0 bridgehead atoms. The SMILES string of the molecule is O=C1CCN(Cc2ccc(F)cc2F)C1. The van der Waals surface area contributed by atoms with Gasteiger partial charge in [0.25, 0.3) is 0 Å². The quantitative estimate of drug-likeness (QED) is 0.742. The lowest BCUT2D eigenvalue weighted by Gasteiger charge is -2.13. The van der Waals surface area contributed by atoms with Gasteiger partial charge in [-0.3, -0.25) is 9.69 Å². The second kappa shape index (κ2) is 4.06. The molecule has 0 unspecified atom stereocenters. The molecule has 1 fully saturated rings. The van der Waals surface area contributed by atoms with Crippen molar-refractivity contribution in [1.82, 2.24) is 4.90 Å². The van der Waals surface area contributed by atoms with Gasteiger partial charge >= 0.3 is 0 Å². The highest BCUT2D eigenvalue weighted by Crippen LogP contribution is 2.14. The summed E-state index contributed by atoms with van der Waals surface area (Å²) in [6, 6.07) is 3.52. The number of carbonyl (C=O) groups excluding carboxylic acids is 1. The van der Waals surface area contributed by atoms with E-state index in [1.807, 2.05) is 4.90 Å². The molecule has 2 rings (SSSR count). The van der Waals surface area contributed by atoms with Gasteiger partial charge in [-0.25, -0.2) is 8.78 Å². The molecule has 0 amide bonds. The Morgan fingerprint density at radius 3 is 2.73 bits per heavy atom. The number of halogens is 2. The Kier molecular flexibility index (Phi) is 2.77. The van der Waals surface area contributed by atoms with Crippen LogP contribution in [0.3, 0.4) is 0 Å². The number of likely N-dealkylation sites (tertiary alicyclic amines) is 1. The molecule has 1 aromatic carbocycles. The van der Waals surface area contributed by atoms with Crippen LogP contribution >= 0.6 is 0 Å². The Morgan fingerprint density at radius 1 is 1.33 bits per heavy atom. The largest absolute Gasteiger partial charge is 0.298 e. The van der Waals surface area contributed by atoms with Gasteiger partial charge in [-0.05, 0) is 6.07 Å². The molecular formula is C11H11F2NO. The predicted octanol–water partition coefficient (Wildman–Crippen LogP) is 1.74. The Morgan fingerprint density at radius 2 is 2.13 bits per heavy atom. The third-order valence-electron chi connectivity index (χ3n) is 2.52. The molecule has 0 saturated carbocycles. The molecule has 15 heavy (non-hydrogen) atoms. The number of Topliss-reactive ketones (excluding diaryl/α,β-unsaturated/α-hetero) is 1. The fraction of sp³-hybridized carbons (Fsp3) is 0.364. The van der Waals surface area contributed by atoms with Crippen LogP contribution in [0.5, 0.6) is 0 Å². The maximum Gasteiger partial charge on any atom is 0.148 e. The summed E-state index contributed by atoms with van der Waals surface area (Å²) in [6.07, 6.45) is 0.531. The van der Waals surface area contributed by atoms with Gasteiger partial charge in [-0.2, -0.15) is 0 Å². The zero-order valence-electron chi connectivity index (χ0n) is 8.17. The van der Waals surface area contributed by atoms with E-state index in [0.29, 0.717) is 31.6 Å². The molecule has 1 aromatic rings. The Bertz CT molecular complexity index is 392. The molecule has 0 atom stereocenters. The van der Waals surface area contributed by atoms with Crippen molar-refractivity contribution < 1.29 is 13.6 Å². The van der Waals surface area contributed by atoms with Crippen molar-refractivity contribution in [3.63, 3.8) is 0 Å². The van der Waals surface area contributed by atoms with Gasteiger partial charge in [0, 0.05) is 31.1 Å². The van der Waals surface area contributed by atoms with Gasteiger partial charge in [-0.15, -0.1) is 0 Å². The van der Waals surface area contributed by atoms with Gasteiger partial charge in [0.05, 0.1) is 6.54 Å². The van der Waals surface area contributed by atoms with E-state index in [-0.39, 0.29) is 5.78 Å². The summed E-state index contributed by atoms with van der Waals surface area (Å²) in [5, 5.41) is 0. The highest BCUT2D eigenvalue weighted by atomic mass is 19.1. The Labute approximate surface area is 86.5 Å². The highest BCUT2D eigenvalue weighted by Gasteiger charge is 2.20. The van der Waals surface area contributed by atoms with Crippen LogP contribution in [0.4, 0.5) is 8.78 Å². The fourth-order valence-electron chi connectivity index (χ4n) is 1.72. The first-order chi connectivity index (χ1) is 7.15. The lowest BCUT2D eigenvalue weighted by atomic mass is 10.2. The van der Waals surface area contributed by atoms with Crippen molar-refractivity contribution in [3.05, 3.63) is 35.4 Å². The normalized spacial score (nSPS) is 17.3. The monoisotopic (exact) mass is 211 g/mol. The van der Waals surface area contributed by atoms with Crippen LogP contribution < -0.4 is 0 Å². The van der Waals surface area contributed by atoms with Crippen LogP contribution in [-0.4, -0.2) is 23.8 Å². The van der Waals surface area contributed by atoms with Gasteiger partial charge in [0.2, 0.25) is 0 Å². The van der Waals surface area contributed by atoms with Crippen molar-refractivity contribution in [3.8, 4) is 0 Å². The number of nitrogens with zero attached hydrogens (tertiary/aromatic N) is 1. The highest BCUT2D eigenvalue weighted by molar-refractivity contribution is 5.82. The lowest BCUT2D eigenvalue weighted by Crippen LogP contribution is -2.20. The van der Waals surface area contributed by atoms with Gasteiger partial charge in [0.1, 0.15) is 17.4 Å². The van der Waals surface area contributed by atoms with E-state index in [4.69, 9.17) is 0 Å². The van der Waals surface area contributed by atoms with Crippen LogP contribution in [0.1, 0.15) is 12.0 Å². The molecule has 0 aliphatic carbocycles. The molecule has 0 aromatic heterocycles. The van der Waals surface area contributed by atoms with Crippen molar-refractivity contribution in [2.45, 2.75) is 13.0 Å². The predicted molar refractivity (Wildman–Crippen MR) is 51.3 cm³/mol. The number of carbonyl (C=O) groups is 1. The van der Waals surface area contributed by atoms with Crippen molar-refractivity contribution in [2.75, 3.05) is 13.1 Å². The molecular weight excluding hydrogens is 200 g/mol. The summed E-state index contributed by atoms with van der Waals surface area (Å²) >= 11 is 0. The van der Waals surface area contributed by atoms with Gasteiger partial charge in [-0.1, -0.05) is 6.07 Å². The summed E-state index contributed by atoms with van der Waals surface area (Å²) in [5.74, 6) is -0.944. The Balaban J connectivity index is 2.07. The van der Waals surface area contributed by atoms with E-state index in [1.165, 1.54) is 12.1 Å². The number of rotatable bonds is 2. The molecule has 1 heterocycles. The molecule has 4 heteroatoms. The molecule has 0 N–H and O–H groups in total. The first kappa shape index (κ1) is 10.2. The zero-order chi connectivity index (χ0) is 10.8. The minimum absolute atomic E-state index is 0.178. The molecule has 1 saturated heterocycles. The second-order valence-corrected chi connectivity index (χ2v) is 3.74. The first-order valence-corrected chi connectivity index (χ1v) is 4.83. The van der Waals surface area contributed by atoms with Crippen LogP contribution in [0, 0.1) is 11.6 Å². The molecule has 1 aliphatic rings. The molecule has 80 valence electrons. The van der Waals surface area contributed by atoms with E-state index in [0.717, 1.165) is 6.07 Å². The second-order valence-electron chi connectivity index (χ2n) is 3.74. The molecule has 2 nitrogen and oxygen atoms in total. The van der Waals surface area contributed by atoms with Gasteiger partial charge < -0.3 is 0 Å². The standard InChI is InChI=1S/C11H11F2NO/c12-9-2-1-8(11(13)5-9)6-14-4-3-10(15)7-14/h1-2,5H,3-4,6-7H2. The Hall–Kier alpha value is -1.29. The zero-order valence-corrected chi connectivity index (χ0v) is 8.17. The van der Waals surface area contributed by atoms with Crippen LogP contribution in [0.15, 0.2) is 18.2 Å². The summed E-state index contributed by atoms with van der Waals surface area (Å²) in [5.41, 5.74) is 0.436. The third-order valence-corrected chi connectivity index (χ3v) is 2.52. The topological polar surface area (TPSA) is 20.3 Å². The van der Waals surface area contributed by atoms with E-state index >= 15 is 0 Å². The maximum absolute atomic E-state index is 13.2. The number of benzene rings is 1. The van der Waals surface area contributed by atoms with Gasteiger partial charge in [0.15, 0.2) is 0 Å². The van der Waals surface area contributed by atoms with Crippen LogP contribution in [0.2, 0.25) is 0 Å². The van der Waals surface area contributed by atoms with E-state index in [9.17, 15) is 13.6 Å². The van der Waals surface area contributed by atoms with E-state index < -0.39 is 11.6 Å². The van der Waals surface area contributed by atoms with Crippen molar-refractivity contribution in [1.29, 1.82) is 0 Å². The summed E-state index contributed by atoms with van der Waals surface area (Å²) in [6.45, 7) is 1.41. The third kappa shape index (κ3) is 2.39. The maximum atomic E-state index is 13.2. The van der Waals surface area contributed by atoms with E-state index in [2.05, 4.69) is 0 Å². The van der Waals surface area contributed by atoms with Crippen molar-refractivity contribution in [2.24, 2.45) is 0 Å². The fourth-order valence-corrected chi connectivity index (χ4v) is 1.72. The van der Waals surface area contributed by atoms with Crippen LogP contribution in [-0.2, 0) is 11.3 Å². The average Bonchev–Trinajstić information content (AvgIpc) is 2.56. The molecule has 0 radical (unpaired) electrons. The number of hydrogen-bond donors (Lipinski definition) is 0. The summed E-state index contributed by atoms with van der Waals surface area (Å²) in [4.78, 5) is 12.8.